The number of benzene rings is 2. The number of nitrogens with two attached hydrogens (primary N) is 1. The zero-order chi connectivity index (χ0) is 14.7. The molecule has 0 amide bonds. The maximum atomic E-state index is 14.4. The Balaban J connectivity index is 2.47. The van der Waals surface area contributed by atoms with E-state index in [2.05, 4.69) is 21.1 Å². The van der Waals surface area contributed by atoms with Crippen LogP contribution in [0.25, 0.3) is 0 Å². The third-order valence-corrected chi connectivity index (χ3v) is 3.73. The molecule has 0 heterocycles. The van der Waals surface area contributed by atoms with E-state index in [4.69, 9.17) is 10.9 Å². The lowest BCUT2D eigenvalue weighted by Crippen LogP contribution is -2.16. The van der Waals surface area contributed by atoms with Crippen molar-refractivity contribution in [1.82, 2.24) is 0 Å². The van der Waals surface area contributed by atoms with E-state index in [9.17, 15) is 4.39 Å². The summed E-state index contributed by atoms with van der Waals surface area (Å²) in [6, 6.07) is 12.6. The van der Waals surface area contributed by atoms with Crippen LogP contribution >= 0.6 is 15.9 Å². The van der Waals surface area contributed by atoms with Crippen molar-refractivity contribution in [2.75, 3.05) is 11.9 Å². The monoisotopic (exact) mass is 337 g/mol. The van der Waals surface area contributed by atoms with E-state index in [1.807, 2.05) is 30.3 Å². The Morgan fingerprint density at radius 2 is 1.90 bits per heavy atom. The van der Waals surface area contributed by atoms with Crippen molar-refractivity contribution in [3.8, 4) is 0 Å². The minimum absolute atomic E-state index is 0.148. The van der Waals surface area contributed by atoms with Gasteiger partial charge in [0.1, 0.15) is 0 Å². The SMILES string of the molecule is CN(c1ccccc1)c1ccc(/C(N)=N/O)c(Br)c1F. The molecule has 0 radical (unpaired) electrons. The Morgan fingerprint density at radius 1 is 1.25 bits per heavy atom. The summed E-state index contributed by atoms with van der Waals surface area (Å²) < 4.78 is 14.6. The standard InChI is InChI=1S/C14H13BrFN3O/c1-19(9-5-3-2-4-6-9)11-8-7-10(14(17)18-20)12(15)13(11)16/h2-8,20H,1H3,(H2,17,18). The van der Waals surface area contributed by atoms with Gasteiger partial charge < -0.3 is 15.8 Å². The average molecular weight is 338 g/mol. The van der Waals surface area contributed by atoms with E-state index in [0.29, 0.717) is 11.3 Å². The van der Waals surface area contributed by atoms with Crippen molar-refractivity contribution in [2.24, 2.45) is 10.9 Å². The summed E-state index contributed by atoms with van der Waals surface area (Å²) in [5.41, 5.74) is 7.04. The van der Waals surface area contributed by atoms with Gasteiger partial charge >= 0.3 is 0 Å². The van der Waals surface area contributed by atoms with Crippen LogP contribution in [0.3, 0.4) is 0 Å². The lowest BCUT2D eigenvalue weighted by atomic mass is 10.1. The zero-order valence-corrected chi connectivity index (χ0v) is 12.3. The molecule has 6 heteroatoms. The van der Waals surface area contributed by atoms with Gasteiger partial charge in [-0.3, -0.25) is 0 Å². The van der Waals surface area contributed by atoms with Crippen molar-refractivity contribution >= 4 is 33.1 Å². The van der Waals surface area contributed by atoms with E-state index in [-0.39, 0.29) is 10.3 Å². The van der Waals surface area contributed by atoms with Crippen LogP contribution in [-0.2, 0) is 0 Å². The Labute approximate surface area is 124 Å². The molecule has 0 aliphatic heterocycles. The predicted molar refractivity (Wildman–Crippen MR) is 81.1 cm³/mol. The molecule has 0 bridgehead atoms. The van der Waals surface area contributed by atoms with Gasteiger partial charge in [-0.25, -0.2) is 4.39 Å². The summed E-state index contributed by atoms with van der Waals surface area (Å²) >= 11 is 3.14. The summed E-state index contributed by atoms with van der Waals surface area (Å²) in [6.45, 7) is 0. The molecule has 3 N–H and O–H groups in total. The highest BCUT2D eigenvalue weighted by Crippen LogP contribution is 2.32. The van der Waals surface area contributed by atoms with Crippen LogP contribution < -0.4 is 10.6 Å². The lowest BCUT2D eigenvalue weighted by molar-refractivity contribution is 0.318. The van der Waals surface area contributed by atoms with E-state index in [0.717, 1.165) is 5.69 Å². The van der Waals surface area contributed by atoms with Crippen LogP contribution in [0.4, 0.5) is 15.8 Å². The average Bonchev–Trinajstić information content (AvgIpc) is 2.49. The molecule has 0 fully saturated rings. The molecule has 0 unspecified atom stereocenters. The first-order valence-corrected chi connectivity index (χ1v) is 6.60. The molecule has 2 rings (SSSR count). The normalized spacial score (nSPS) is 11.4. The van der Waals surface area contributed by atoms with Crippen LogP contribution in [0.2, 0.25) is 0 Å². The van der Waals surface area contributed by atoms with Crippen LogP contribution in [0.1, 0.15) is 5.56 Å². The number of oxime groups is 1. The van der Waals surface area contributed by atoms with Crippen molar-refractivity contribution < 1.29 is 9.60 Å². The largest absolute Gasteiger partial charge is 0.409 e. The first kappa shape index (κ1) is 14.3. The molecule has 2 aromatic rings. The molecule has 4 nitrogen and oxygen atoms in total. The fraction of sp³-hybridized carbons (Fsp3) is 0.0714. The number of halogens is 2. The van der Waals surface area contributed by atoms with Gasteiger partial charge in [0.2, 0.25) is 0 Å². The highest BCUT2D eigenvalue weighted by molar-refractivity contribution is 9.10. The third kappa shape index (κ3) is 2.60. The topological polar surface area (TPSA) is 61.8 Å². The molecule has 0 atom stereocenters. The first-order valence-electron chi connectivity index (χ1n) is 5.81. The molecule has 2 aromatic carbocycles. The highest BCUT2D eigenvalue weighted by Gasteiger charge is 2.17. The smallest absolute Gasteiger partial charge is 0.171 e. The van der Waals surface area contributed by atoms with Gasteiger partial charge in [0.05, 0.1) is 10.2 Å². The second-order valence-corrected chi connectivity index (χ2v) is 4.93. The van der Waals surface area contributed by atoms with Gasteiger partial charge in [-0.1, -0.05) is 23.4 Å². The van der Waals surface area contributed by atoms with Gasteiger partial charge in [-0.15, -0.1) is 0 Å². The molecule has 0 spiro atoms. The minimum atomic E-state index is -0.472. The van der Waals surface area contributed by atoms with Crippen molar-refractivity contribution in [3.05, 3.63) is 58.3 Å². The molecule has 0 saturated carbocycles. The predicted octanol–water partition coefficient (Wildman–Crippen LogP) is 3.45. The van der Waals surface area contributed by atoms with Gasteiger partial charge in [-0.05, 0) is 40.2 Å². The van der Waals surface area contributed by atoms with Gasteiger partial charge in [0.15, 0.2) is 11.7 Å². The van der Waals surface area contributed by atoms with E-state index in [1.165, 1.54) is 0 Å². The van der Waals surface area contributed by atoms with Gasteiger partial charge in [0, 0.05) is 18.3 Å². The van der Waals surface area contributed by atoms with E-state index < -0.39 is 5.82 Å². The zero-order valence-electron chi connectivity index (χ0n) is 10.7. The number of para-hydroxylation sites is 1. The molecule has 104 valence electrons. The van der Waals surface area contributed by atoms with E-state index in [1.54, 1.807) is 24.1 Å². The lowest BCUT2D eigenvalue weighted by Gasteiger charge is -2.21. The Hall–Kier alpha value is -2.08. The Bertz CT molecular complexity index is 646. The van der Waals surface area contributed by atoms with Crippen LogP contribution in [0.5, 0.6) is 0 Å². The molecular weight excluding hydrogens is 325 g/mol. The fourth-order valence-electron chi connectivity index (χ4n) is 1.84. The molecule has 0 aliphatic carbocycles. The summed E-state index contributed by atoms with van der Waals surface area (Å²) in [7, 11) is 1.77. The molecular formula is C14H13BrFN3O. The summed E-state index contributed by atoms with van der Waals surface area (Å²) in [5, 5.41) is 11.5. The van der Waals surface area contributed by atoms with Crippen LogP contribution in [0, 0.1) is 5.82 Å². The second kappa shape index (κ2) is 5.92. The molecule has 20 heavy (non-hydrogen) atoms. The number of anilines is 2. The number of nitrogens with zero attached hydrogens (tertiary/aromatic N) is 2. The summed E-state index contributed by atoms with van der Waals surface area (Å²) in [6.07, 6.45) is 0. The van der Waals surface area contributed by atoms with E-state index >= 15 is 0 Å². The maximum absolute atomic E-state index is 14.4. The number of hydrogen-bond acceptors (Lipinski definition) is 3. The van der Waals surface area contributed by atoms with Gasteiger partial charge in [-0.2, -0.15) is 0 Å². The summed E-state index contributed by atoms with van der Waals surface area (Å²) in [4.78, 5) is 1.72. The van der Waals surface area contributed by atoms with Crippen LogP contribution in [-0.4, -0.2) is 18.1 Å². The second-order valence-electron chi connectivity index (χ2n) is 4.14. The summed E-state index contributed by atoms with van der Waals surface area (Å²) in [5.74, 6) is -0.620. The highest BCUT2D eigenvalue weighted by atomic mass is 79.9. The molecule has 0 saturated heterocycles. The number of amidine groups is 1. The fourth-order valence-corrected chi connectivity index (χ4v) is 2.38. The number of rotatable bonds is 3. The number of hydrogen-bond donors (Lipinski definition) is 2. The first-order chi connectivity index (χ1) is 9.56. The van der Waals surface area contributed by atoms with Gasteiger partial charge in [0.25, 0.3) is 0 Å². The quantitative estimate of drug-likeness (QED) is 0.390. The third-order valence-electron chi connectivity index (χ3n) is 2.95. The maximum Gasteiger partial charge on any atom is 0.171 e. The Kier molecular flexibility index (Phi) is 4.24. The van der Waals surface area contributed by atoms with Crippen molar-refractivity contribution in [3.63, 3.8) is 0 Å². The Morgan fingerprint density at radius 3 is 2.50 bits per heavy atom. The van der Waals surface area contributed by atoms with Crippen molar-refractivity contribution in [2.45, 2.75) is 0 Å². The molecule has 0 aromatic heterocycles. The minimum Gasteiger partial charge on any atom is -0.409 e. The molecule has 0 aliphatic rings. The van der Waals surface area contributed by atoms with Crippen molar-refractivity contribution in [1.29, 1.82) is 0 Å². The van der Waals surface area contributed by atoms with Crippen LogP contribution in [0.15, 0.2) is 52.1 Å².